The number of hydrogen-bond acceptors (Lipinski definition) is 7. The fourth-order valence-corrected chi connectivity index (χ4v) is 2.77. The first-order chi connectivity index (χ1) is 13.9. The average molecular weight is 450 g/mol. The minimum atomic E-state index is -4.56. The molecule has 2 aromatic heterocycles. The molecule has 0 bridgehead atoms. The van der Waals surface area contributed by atoms with Crippen LogP contribution in [0.25, 0.3) is 10.9 Å². The van der Waals surface area contributed by atoms with Gasteiger partial charge >= 0.3 is 6.18 Å². The van der Waals surface area contributed by atoms with E-state index in [1.807, 2.05) is 0 Å². The molecule has 1 atom stereocenters. The van der Waals surface area contributed by atoms with Gasteiger partial charge in [-0.2, -0.15) is 18.3 Å². The first-order valence-corrected chi connectivity index (χ1v) is 8.17. The number of alkyl halides is 3. The number of nitrogen functional groups attached to an aromatic ring is 1. The second-order valence-corrected chi connectivity index (χ2v) is 6.17. The van der Waals surface area contributed by atoms with Gasteiger partial charge in [-0.15, -0.1) is 0 Å². The highest BCUT2D eigenvalue weighted by Crippen LogP contribution is 2.41. The summed E-state index contributed by atoms with van der Waals surface area (Å²) in [6.45, 7) is -2.52. The third kappa shape index (κ3) is 4.21. The monoisotopic (exact) mass is 449 g/mol. The van der Waals surface area contributed by atoms with Crippen LogP contribution in [0.1, 0.15) is 23.0 Å². The molecule has 2 heterocycles. The van der Waals surface area contributed by atoms with Crippen molar-refractivity contribution >= 4 is 32.7 Å². The van der Waals surface area contributed by atoms with E-state index >= 15 is 0 Å². The molecule has 3 rings (SSSR count). The normalized spacial score (nSPS) is 15.1. The molecule has 0 aliphatic carbocycles. The fraction of sp³-hybridized carbons (Fsp3) is 0.333. The van der Waals surface area contributed by atoms with Crippen LogP contribution in [0.2, 0.25) is 0 Å². The van der Waals surface area contributed by atoms with Crippen LogP contribution >= 0.6 is 15.9 Å². The van der Waals surface area contributed by atoms with E-state index in [2.05, 4.69) is 36.0 Å². The fourth-order valence-electron chi connectivity index (χ4n) is 2.24. The van der Waals surface area contributed by atoms with Gasteiger partial charge in [-0.05, 0) is 22.9 Å². The molecule has 2 N–H and O–H groups in total. The van der Waals surface area contributed by atoms with Gasteiger partial charge in [0, 0.05) is 17.2 Å². The van der Waals surface area contributed by atoms with Crippen molar-refractivity contribution in [2.75, 3.05) is 12.3 Å². The maximum Gasteiger partial charge on any atom is 0.422 e. The predicted molar refractivity (Wildman–Crippen MR) is 93.2 cm³/mol. The number of fused-ring (bicyclic) bond motifs is 1. The van der Waals surface area contributed by atoms with Crippen LogP contribution in [0.3, 0.4) is 0 Å². The Morgan fingerprint density at radius 2 is 2.11 bits per heavy atom. The van der Waals surface area contributed by atoms with Crippen molar-refractivity contribution in [3.8, 4) is 11.5 Å². The first kappa shape index (κ1) is 15.4. The molecule has 27 heavy (non-hydrogen) atoms. The van der Waals surface area contributed by atoms with Gasteiger partial charge in [-0.1, -0.05) is 0 Å². The molecule has 3 aromatic rings. The van der Waals surface area contributed by atoms with E-state index in [-0.39, 0.29) is 38.5 Å². The van der Waals surface area contributed by atoms with Crippen LogP contribution in [0.4, 0.5) is 19.0 Å². The first-order valence-electron chi connectivity index (χ1n) is 8.87. The van der Waals surface area contributed by atoms with Gasteiger partial charge < -0.3 is 15.2 Å². The third-order valence-corrected chi connectivity index (χ3v) is 4.14. The lowest BCUT2D eigenvalue weighted by Crippen LogP contribution is -2.19. The summed E-state index contributed by atoms with van der Waals surface area (Å²) in [5.41, 5.74) is 6.08. The van der Waals surface area contributed by atoms with Gasteiger partial charge in [0.1, 0.15) is 30.0 Å². The number of anilines is 1. The zero-order chi connectivity index (χ0) is 22.3. The van der Waals surface area contributed by atoms with Crippen molar-refractivity contribution in [2.24, 2.45) is 6.98 Å². The highest BCUT2D eigenvalue weighted by Gasteiger charge is 2.29. The molecule has 0 aliphatic heterocycles. The summed E-state index contributed by atoms with van der Waals surface area (Å²) >= 11 is 3.17. The molecular formula is C15H14BrF3N6O2. The number of aromatic nitrogens is 5. The van der Waals surface area contributed by atoms with Gasteiger partial charge in [0.25, 0.3) is 0 Å². The summed E-state index contributed by atoms with van der Waals surface area (Å²) in [6, 6.07) is 1.20. The van der Waals surface area contributed by atoms with Crippen molar-refractivity contribution in [1.82, 2.24) is 24.7 Å². The number of hydrogen-bond donors (Lipinski definition) is 1. The summed E-state index contributed by atoms with van der Waals surface area (Å²) in [4.78, 5) is 11.8. The van der Waals surface area contributed by atoms with Gasteiger partial charge in [0.2, 0.25) is 0 Å². The quantitative estimate of drug-likeness (QED) is 0.637. The largest absolute Gasteiger partial charge is 0.483 e. The smallest absolute Gasteiger partial charge is 0.422 e. The second kappa shape index (κ2) is 7.18. The Hall–Kier alpha value is -2.63. The maximum absolute atomic E-state index is 12.6. The summed E-state index contributed by atoms with van der Waals surface area (Å²) in [7, 11) is 0. The van der Waals surface area contributed by atoms with Crippen LogP contribution in [0.5, 0.6) is 11.5 Å². The van der Waals surface area contributed by atoms with E-state index in [1.54, 1.807) is 0 Å². The zero-order valence-electron chi connectivity index (χ0n) is 16.7. The van der Waals surface area contributed by atoms with Gasteiger partial charge in [-0.25, -0.2) is 15.0 Å². The number of nitrogens with two attached hydrogens (primary N) is 1. The number of nitrogens with zero attached hydrogens (tertiary/aromatic N) is 5. The van der Waals surface area contributed by atoms with Crippen molar-refractivity contribution in [1.29, 1.82) is 0 Å². The second-order valence-electron chi connectivity index (χ2n) is 5.38. The highest BCUT2D eigenvalue weighted by atomic mass is 79.9. The van der Waals surface area contributed by atoms with Crippen LogP contribution in [0.15, 0.2) is 23.2 Å². The lowest BCUT2D eigenvalue weighted by atomic mass is 10.2. The molecular weight excluding hydrogens is 433 g/mol. The van der Waals surface area contributed by atoms with Gasteiger partial charge in [-0.3, -0.25) is 4.68 Å². The lowest BCUT2D eigenvalue weighted by molar-refractivity contribution is -0.153. The summed E-state index contributed by atoms with van der Waals surface area (Å²) in [6.07, 6.45) is -3.27. The Labute approximate surface area is 163 Å². The van der Waals surface area contributed by atoms with Crippen molar-refractivity contribution in [3.63, 3.8) is 0 Å². The van der Waals surface area contributed by atoms with Crippen LogP contribution in [-0.2, 0) is 6.98 Å². The zero-order valence-corrected chi connectivity index (χ0v) is 15.2. The minimum absolute atomic E-state index is 0.0150. The van der Waals surface area contributed by atoms with E-state index in [1.165, 1.54) is 13.0 Å². The van der Waals surface area contributed by atoms with Crippen LogP contribution in [0, 0.1) is 0 Å². The van der Waals surface area contributed by atoms with Crippen molar-refractivity contribution in [3.05, 3.63) is 29.0 Å². The van der Waals surface area contributed by atoms with Gasteiger partial charge in [0.05, 0.1) is 15.4 Å². The lowest BCUT2D eigenvalue weighted by Gasteiger charge is -2.18. The highest BCUT2D eigenvalue weighted by molar-refractivity contribution is 9.10. The molecule has 0 aliphatic rings. The molecule has 0 spiro atoms. The van der Waals surface area contributed by atoms with E-state index in [9.17, 15) is 13.2 Å². The molecule has 0 amide bonds. The maximum atomic E-state index is 12.6. The topological polar surface area (TPSA) is 101 Å². The van der Waals surface area contributed by atoms with Gasteiger partial charge in [0.15, 0.2) is 18.5 Å². The number of benzene rings is 1. The van der Waals surface area contributed by atoms with E-state index < -0.39 is 25.9 Å². The molecule has 12 heteroatoms. The molecule has 1 aromatic carbocycles. The molecule has 144 valence electrons. The van der Waals surface area contributed by atoms with E-state index in [0.29, 0.717) is 4.68 Å². The van der Waals surface area contributed by atoms with Crippen LogP contribution in [-0.4, -0.2) is 37.5 Å². The number of ether oxygens (including phenoxy) is 2. The summed E-state index contributed by atoms with van der Waals surface area (Å²) in [5, 5.41) is 4.08. The van der Waals surface area contributed by atoms with E-state index in [4.69, 9.17) is 19.3 Å². The standard InChI is InChI=1S/C15H14BrF3N6O2/c1-7(14-23-6-25(2)24-14)27-8-3-9(26-4-15(17,18)19)11(16)12-10(8)13(20)22-5-21-12/h3,5-7H,4H2,1-2H3,(H2,20,21,22)/t7-/m0/s1/i2D3. The molecule has 0 saturated carbocycles. The Bertz CT molecular complexity index is 1080. The van der Waals surface area contributed by atoms with E-state index in [0.717, 1.165) is 12.7 Å². The predicted octanol–water partition coefficient (Wildman–Crippen LogP) is 3.18. The van der Waals surface area contributed by atoms with Crippen LogP contribution < -0.4 is 15.2 Å². The average Bonchev–Trinajstić information content (AvgIpc) is 3.13. The SMILES string of the molecule is [2H]C([2H])([2H])n1cnc([C@H](C)Oc2cc(OCC(F)(F)F)c(Br)c3ncnc(N)c23)n1. The van der Waals surface area contributed by atoms with Crippen molar-refractivity contribution in [2.45, 2.75) is 19.2 Å². The minimum Gasteiger partial charge on any atom is -0.483 e. The Morgan fingerprint density at radius 1 is 1.33 bits per heavy atom. The number of rotatable bonds is 5. The number of halogens is 4. The Kier molecular flexibility index (Phi) is 4.10. The molecule has 0 unspecified atom stereocenters. The number of aryl methyl sites for hydroxylation is 1. The molecule has 8 nitrogen and oxygen atoms in total. The molecule has 0 radical (unpaired) electrons. The molecule has 0 saturated heterocycles. The summed E-state index contributed by atoms with van der Waals surface area (Å²) < 4.78 is 71.3. The third-order valence-electron chi connectivity index (χ3n) is 3.38. The molecule has 0 fully saturated rings. The summed E-state index contributed by atoms with van der Waals surface area (Å²) in [5.74, 6) is -0.107. The van der Waals surface area contributed by atoms with Crippen molar-refractivity contribution < 1.29 is 26.8 Å². The Morgan fingerprint density at radius 3 is 2.78 bits per heavy atom. The Balaban J connectivity index is 2.01.